The summed E-state index contributed by atoms with van der Waals surface area (Å²) in [5.74, 6) is -4.17. The van der Waals surface area contributed by atoms with E-state index < -0.39 is 24.0 Å². The molecule has 1 amide bonds. The summed E-state index contributed by atoms with van der Waals surface area (Å²) < 4.78 is 36.9. The maximum atomic E-state index is 12.3. The molecule has 11 nitrogen and oxygen atoms in total. The van der Waals surface area contributed by atoms with Crippen molar-refractivity contribution in [2.45, 2.75) is 19.3 Å². The molecule has 182 valence electrons. The van der Waals surface area contributed by atoms with E-state index in [1.807, 2.05) is 18.2 Å². The lowest BCUT2D eigenvalue weighted by Crippen LogP contribution is -2.21. The summed E-state index contributed by atoms with van der Waals surface area (Å²) in [6.45, 7) is 0.956. The molecule has 0 spiro atoms. The second-order valence-corrected chi connectivity index (χ2v) is 6.57. The minimum Gasteiger partial charge on any atom is -0.478 e. The third kappa shape index (κ3) is 8.26. The Hall–Kier alpha value is -4.77. The lowest BCUT2D eigenvalue weighted by molar-refractivity contribution is -0.192. The van der Waals surface area contributed by atoms with E-state index in [1.165, 1.54) is 24.3 Å². The van der Waals surface area contributed by atoms with Gasteiger partial charge in [-0.2, -0.15) is 18.4 Å². The maximum Gasteiger partial charge on any atom is 0.490 e. The molecule has 35 heavy (non-hydrogen) atoms. The SMILES string of the molecule is N#Cc1ccc(NC(=O)c2cc(CNCc3ccncc3)on2)c(C(=O)O)c1.O=C(O)C(F)(F)F. The average molecular weight is 491 g/mol. The van der Waals surface area contributed by atoms with Crippen molar-refractivity contribution < 1.29 is 42.3 Å². The molecule has 0 aliphatic rings. The van der Waals surface area contributed by atoms with Gasteiger partial charge in [0.25, 0.3) is 5.91 Å². The molecule has 0 aliphatic heterocycles. The summed E-state index contributed by atoms with van der Waals surface area (Å²) in [5.41, 5.74) is 1.13. The van der Waals surface area contributed by atoms with Gasteiger partial charge in [-0.05, 0) is 35.9 Å². The van der Waals surface area contributed by atoms with Gasteiger partial charge in [0.05, 0.1) is 29.4 Å². The Kier molecular flexibility index (Phi) is 9.01. The number of hydrogen-bond acceptors (Lipinski definition) is 8. The van der Waals surface area contributed by atoms with E-state index in [1.54, 1.807) is 12.4 Å². The predicted molar refractivity (Wildman–Crippen MR) is 111 cm³/mol. The Balaban J connectivity index is 0.000000540. The molecule has 1 aromatic carbocycles. The van der Waals surface area contributed by atoms with Gasteiger partial charge in [0.15, 0.2) is 11.5 Å². The fraction of sp³-hybridized carbons (Fsp3) is 0.143. The number of halogens is 3. The number of amides is 1. The minimum atomic E-state index is -5.08. The first-order valence-corrected chi connectivity index (χ1v) is 9.45. The zero-order valence-corrected chi connectivity index (χ0v) is 17.5. The number of carbonyl (C=O) groups excluding carboxylic acids is 1. The number of hydrogen-bond donors (Lipinski definition) is 4. The molecule has 0 saturated heterocycles. The van der Waals surface area contributed by atoms with Gasteiger partial charge in [-0.3, -0.25) is 9.78 Å². The Labute approximate surface area is 194 Å². The molecule has 0 radical (unpaired) electrons. The monoisotopic (exact) mass is 491 g/mol. The Bertz CT molecular complexity index is 1240. The number of nitriles is 1. The summed E-state index contributed by atoms with van der Waals surface area (Å²) in [4.78, 5) is 36.5. The van der Waals surface area contributed by atoms with Crippen LogP contribution in [0.15, 0.2) is 53.3 Å². The molecule has 0 bridgehead atoms. The number of nitrogens with one attached hydrogen (secondary N) is 2. The number of aliphatic carboxylic acids is 1. The van der Waals surface area contributed by atoms with E-state index in [9.17, 15) is 27.9 Å². The molecule has 3 rings (SSSR count). The van der Waals surface area contributed by atoms with Crippen LogP contribution in [-0.4, -0.2) is 44.4 Å². The van der Waals surface area contributed by atoms with Crippen LogP contribution in [0, 0.1) is 11.3 Å². The van der Waals surface area contributed by atoms with Gasteiger partial charge in [-0.1, -0.05) is 5.16 Å². The number of carboxylic acid groups (broad SMARTS) is 2. The number of pyridine rings is 1. The zero-order valence-electron chi connectivity index (χ0n) is 17.5. The molecule has 0 unspecified atom stereocenters. The molecule has 14 heteroatoms. The number of aromatic carboxylic acids is 1. The van der Waals surface area contributed by atoms with Crippen LogP contribution >= 0.6 is 0 Å². The Morgan fingerprint density at radius 1 is 1.06 bits per heavy atom. The molecular weight excluding hydrogens is 475 g/mol. The summed E-state index contributed by atoms with van der Waals surface area (Å²) in [6, 6.07) is 11.0. The van der Waals surface area contributed by atoms with Gasteiger partial charge >= 0.3 is 18.1 Å². The van der Waals surface area contributed by atoms with E-state index in [2.05, 4.69) is 20.8 Å². The van der Waals surface area contributed by atoms with Gasteiger partial charge in [0, 0.05) is 25.0 Å². The summed E-state index contributed by atoms with van der Waals surface area (Å²) in [6.07, 6.45) is -1.69. The lowest BCUT2D eigenvalue weighted by Gasteiger charge is -2.07. The lowest BCUT2D eigenvalue weighted by atomic mass is 10.1. The normalized spacial score (nSPS) is 10.5. The van der Waals surface area contributed by atoms with Crippen molar-refractivity contribution in [3.63, 3.8) is 0 Å². The van der Waals surface area contributed by atoms with Crippen LogP contribution in [0.5, 0.6) is 0 Å². The second-order valence-electron chi connectivity index (χ2n) is 6.57. The van der Waals surface area contributed by atoms with Crippen LogP contribution in [0.1, 0.15) is 37.7 Å². The number of carbonyl (C=O) groups is 3. The Morgan fingerprint density at radius 3 is 2.29 bits per heavy atom. The van der Waals surface area contributed by atoms with E-state index in [-0.39, 0.29) is 22.5 Å². The largest absolute Gasteiger partial charge is 0.490 e. The number of alkyl halides is 3. The molecule has 0 aliphatic carbocycles. The first-order chi connectivity index (χ1) is 16.5. The summed E-state index contributed by atoms with van der Waals surface area (Å²) >= 11 is 0. The van der Waals surface area contributed by atoms with E-state index in [0.29, 0.717) is 18.8 Å². The molecule has 0 fully saturated rings. The molecule has 0 atom stereocenters. The fourth-order valence-electron chi connectivity index (χ4n) is 2.42. The first-order valence-electron chi connectivity index (χ1n) is 9.45. The highest BCUT2D eigenvalue weighted by Gasteiger charge is 2.38. The van der Waals surface area contributed by atoms with E-state index in [4.69, 9.17) is 19.7 Å². The van der Waals surface area contributed by atoms with Crippen molar-refractivity contribution in [1.29, 1.82) is 5.26 Å². The highest BCUT2D eigenvalue weighted by Crippen LogP contribution is 2.19. The van der Waals surface area contributed by atoms with Crippen molar-refractivity contribution in [1.82, 2.24) is 15.5 Å². The number of aromatic nitrogens is 2. The second kappa shape index (κ2) is 11.9. The quantitative estimate of drug-likeness (QED) is 0.384. The first kappa shape index (κ1) is 26.5. The average Bonchev–Trinajstić information content (AvgIpc) is 3.29. The highest BCUT2D eigenvalue weighted by atomic mass is 19.4. The van der Waals surface area contributed by atoms with Gasteiger partial charge in [-0.15, -0.1) is 0 Å². The minimum absolute atomic E-state index is 0.0152. The number of nitrogens with zero attached hydrogens (tertiary/aromatic N) is 3. The molecule has 0 saturated carbocycles. The van der Waals surface area contributed by atoms with Crippen LogP contribution in [0.4, 0.5) is 18.9 Å². The van der Waals surface area contributed by atoms with E-state index in [0.717, 1.165) is 5.56 Å². The molecule has 4 N–H and O–H groups in total. The van der Waals surface area contributed by atoms with Crippen molar-refractivity contribution in [2.75, 3.05) is 5.32 Å². The third-order valence-corrected chi connectivity index (χ3v) is 4.04. The summed E-state index contributed by atoms with van der Waals surface area (Å²) in [5, 5.41) is 34.6. The number of rotatable bonds is 7. The van der Waals surface area contributed by atoms with Crippen molar-refractivity contribution in [3.05, 3.63) is 76.9 Å². The molecule has 2 aromatic heterocycles. The highest BCUT2D eigenvalue weighted by molar-refractivity contribution is 6.06. The van der Waals surface area contributed by atoms with Crippen LogP contribution in [0.3, 0.4) is 0 Å². The van der Waals surface area contributed by atoms with Crippen LogP contribution in [0.25, 0.3) is 0 Å². The summed E-state index contributed by atoms with van der Waals surface area (Å²) in [7, 11) is 0. The van der Waals surface area contributed by atoms with Crippen LogP contribution in [-0.2, 0) is 17.9 Å². The Morgan fingerprint density at radius 2 is 1.71 bits per heavy atom. The van der Waals surface area contributed by atoms with Gasteiger partial charge in [0.1, 0.15) is 0 Å². The molecule has 2 heterocycles. The zero-order chi connectivity index (χ0) is 26.0. The van der Waals surface area contributed by atoms with Gasteiger partial charge in [0.2, 0.25) is 0 Å². The number of carboxylic acids is 2. The molecular formula is C21H16F3N5O6. The van der Waals surface area contributed by atoms with Gasteiger partial charge in [-0.25, -0.2) is 9.59 Å². The number of benzene rings is 1. The van der Waals surface area contributed by atoms with Gasteiger partial charge < -0.3 is 25.4 Å². The smallest absolute Gasteiger partial charge is 0.478 e. The topological polar surface area (TPSA) is 178 Å². The van der Waals surface area contributed by atoms with Crippen molar-refractivity contribution in [3.8, 4) is 6.07 Å². The van der Waals surface area contributed by atoms with Crippen molar-refractivity contribution >= 4 is 23.5 Å². The van der Waals surface area contributed by atoms with Crippen LogP contribution < -0.4 is 10.6 Å². The third-order valence-electron chi connectivity index (χ3n) is 4.04. The standard InChI is InChI=1S/C19H15N5O4.C2HF3O2/c20-9-13-1-2-16(15(7-13)19(26)27)23-18(25)17-8-14(28-24-17)11-22-10-12-3-5-21-6-4-12;3-2(4,5)1(6)7/h1-8,22H,10-11H2,(H,23,25)(H,26,27);(H,6,7). The van der Waals surface area contributed by atoms with Crippen LogP contribution in [0.2, 0.25) is 0 Å². The van der Waals surface area contributed by atoms with Crippen molar-refractivity contribution in [2.24, 2.45) is 0 Å². The molecule has 3 aromatic rings. The van der Waals surface area contributed by atoms with E-state index >= 15 is 0 Å². The maximum absolute atomic E-state index is 12.3. The fourth-order valence-corrected chi connectivity index (χ4v) is 2.42. The predicted octanol–water partition coefficient (Wildman–Crippen LogP) is 2.81. The number of anilines is 1.